The number of ketones is 1. The third-order valence-corrected chi connectivity index (χ3v) is 5.43. The van der Waals surface area contributed by atoms with Gasteiger partial charge in [-0.1, -0.05) is 0 Å². The van der Waals surface area contributed by atoms with Crippen molar-refractivity contribution in [3.8, 4) is 17.2 Å². The molecule has 3 aromatic rings. The van der Waals surface area contributed by atoms with E-state index in [4.69, 9.17) is 14.2 Å². The van der Waals surface area contributed by atoms with E-state index in [0.29, 0.717) is 75.6 Å². The van der Waals surface area contributed by atoms with Crippen molar-refractivity contribution in [2.75, 3.05) is 19.2 Å². The molecule has 0 saturated carbocycles. The molecule has 0 atom stereocenters. The van der Waals surface area contributed by atoms with E-state index in [1.165, 1.54) is 7.11 Å². The van der Waals surface area contributed by atoms with Crippen molar-refractivity contribution in [1.29, 1.82) is 0 Å². The number of hydrogen-bond acceptors (Lipinski definition) is 7. The predicted octanol–water partition coefficient (Wildman–Crippen LogP) is 3.29. The first-order valence-corrected chi connectivity index (χ1v) is 9.55. The average molecular weight is 406 g/mol. The lowest BCUT2D eigenvalue weighted by Crippen LogP contribution is -2.37. The molecule has 0 saturated heterocycles. The molecule has 30 heavy (non-hydrogen) atoms. The summed E-state index contributed by atoms with van der Waals surface area (Å²) in [6.07, 6.45) is 2.22. The Morgan fingerprint density at radius 1 is 1.13 bits per heavy atom. The van der Waals surface area contributed by atoms with Gasteiger partial charge in [0.2, 0.25) is 18.0 Å². The van der Waals surface area contributed by atoms with Crippen molar-refractivity contribution in [1.82, 2.24) is 0 Å². The highest BCUT2D eigenvalue weighted by molar-refractivity contribution is 6.10. The SMILES string of the molecule is COc1cc(C=O)cc(Nc2c3c([n+]([O-])c4cc5c(cc24)OCO5)CCCC3=O)c1. The number of anilines is 2. The predicted molar refractivity (Wildman–Crippen MR) is 108 cm³/mol. The maximum Gasteiger partial charge on any atom is 0.231 e. The van der Waals surface area contributed by atoms with Gasteiger partial charge in [-0.15, -0.1) is 0 Å². The molecule has 0 unspecified atom stereocenters. The highest BCUT2D eigenvalue weighted by Crippen LogP contribution is 2.41. The molecule has 5 rings (SSSR count). The molecule has 152 valence electrons. The van der Waals surface area contributed by atoms with E-state index in [9.17, 15) is 14.8 Å². The number of pyridine rings is 1. The number of carbonyl (C=O) groups is 2. The van der Waals surface area contributed by atoms with Crippen LogP contribution in [-0.4, -0.2) is 26.0 Å². The molecule has 1 aliphatic carbocycles. The lowest BCUT2D eigenvalue weighted by atomic mass is 9.91. The fourth-order valence-electron chi connectivity index (χ4n) is 4.05. The van der Waals surface area contributed by atoms with Crippen LogP contribution in [-0.2, 0) is 6.42 Å². The lowest BCUT2D eigenvalue weighted by Gasteiger charge is -2.21. The standard InChI is InChI=1S/C22H18N2O6/c1-28-14-6-12(10-25)5-13(7-14)23-22-15-8-19-20(30-11-29-19)9-17(15)24(27)16-3-2-4-18(26)21(16)22/h5-10,23H,2-4,11H2,1H3. The van der Waals surface area contributed by atoms with Crippen LogP contribution in [0.25, 0.3) is 10.9 Å². The molecule has 2 aliphatic rings. The minimum Gasteiger partial charge on any atom is -0.618 e. The molecule has 0 fully saturated rings. The molecule has 1 aromatic heterocycles. The number of Topliss-reactive ketones (excluding diaryl/α,β-unsaturated/α-hetero) is 1. The third kappa shape index (κ3) is 2.80. The molecule has 0 radical (unpaired) electrons. The molecular weight excluding hydrogens is 388 g/mol. The fraction of sp³-hybridized carbons (Fsp3) is 0.227. The van der Waals surface area contributed by atoms with Gasteiger partial charge < -0.3 is 24.7 Å². The maximum absolute atomic E-state index is 13.1. The summed E-state index contributed by atoms with van der Waals surface area (Å²) in [6, 6.07) is 8.34. The van der Waals surface area contributed by atoms with Crippen molar-refractivity contribution in [3.63, 3.8) is 0 Å². The van der Waals surface area contributed by atoms with E-state index >= 15 is 0 Å². The number of hydrogen-bond donors (Lipinski definition) is 1. The van der Waals surface area contributed by atoms with Crippen LogP contribution in [0.15, 0.2) is 30.3 Å². The van der Waals surface area contributed by atoms with Gasteiger partial charge in [0.1, 0.15) is 17.6 Å². The third-order valence-electron chi connectivity index (χ3n) is 5.43. The zero-order valence-electron chi connectivity index (χ0n) is 16.2. The highest BCUT2D eigenvalue weighted by atomic mass is 16.7. The van der Waals surface area contributed by atoms with Crippen LogP contribution in [0, 0.1) is 5.21 Å². The van der Waals surface area contributed by atoms with Crippen LogP contribution in [0.2, 0.25) is 0 Å². The first kappa shape index (κ1) is 18.2. The smallest absolute Gasteiger partial charge is 0.231 e. The zero-order chi connectivity index (χ0) is 20.8. The normalized spacial score (nSPS) is 14.5. The monoisotopic (exact) mass is 406 g/mol. The zero-order valence-corrected chi connectivity index (χ0v) is 16.2. The van der Waals surface area contributed by atoms with Gasteiger partial charge in [0.25, 0.3) is 0 Å². The number of ether oxygens (including phenoxy) is 3. The van der Waals surface area contributed by atoms with E-state index in [1.807, 2.05) is 0 Å². The van der Waals surface area contributed by atoms with Crippen molar-refractivity contribution < 1.29 is 28.5 Å². The Hall–Kier alpha value is -3.81. The molecule has 1 aliphatic heterocycles. The van der Waals surface area contributed by atoms with E-state index < -0.39 is 0 Å². The van der Waals surface area contributed by atoms with Gasteiger partial charge in [0, 0.05) is 36.2 Å². The summed E-state index contributed by atoms with van der Waals surface area (Å²) < 4.78 is 17.0. The number of methoxy groups -OCH3 is 1. The van der Waals surface area contributed by atoms with Crippen LogP contribution in [0.1, 0.15) is 39.3 Å². The molecule has 2 aromatic carbocycles. The first-order valence-electron chi connectivity index (χ1n) is 9.55. The molecule has 2 heterocycles. The van der Waals surface area contributed by atoms with Crippen molar-refractivity contribution >= 4 is 34.3 Å². The topological polar surface area (TPSA) is 101 Å². The molecule has 0 bridgehead atoms. The molecule has 8 heteroatoms. The number of fused-ring (bicyclic) bond motifs is 3. The maximum atomic E-state index is 13.1. The second-order valence-electron chi connectivity index (χ2n) is 7.23. The van der Waals surface area contributed by atoms with Crippen LogP contribution in [0.4, 0.5) is 11.4 Å². The van der Waals surface area contributed by atoms with Crippen molar-refractivity contribution in [2.24, 2.45) is 0 Å². The van der Waals surface area contributed by atoms with Crippen molar-refractivity contribution in [2.45, 2.75) is 19.3 Å². The molecule has 0 amide bonds. The number of benzene rings is 2. The van der Waals surface area contributed by atoms with E-state index in [-0.39, 0.29) is 12.6 Å². The number of carbonyl (C=O) groups excluding carboxylic acids is 2. The van der Waals surface area contributed by atoms with E-state index in [0.717, 1.165) is 11.0 Å². The summed E-state index contributed by atoms with van der Waals surface area (Å²) in [4.78, 5) is 24.2. The Morgan fingerprint density at radius 3 is 2.70 bits per heavy atom. The van der Waals surface area contributed by atoms with Crippen molar-refractivity contribution in [3.05, 3.63) is 52.4 Å². The van der Waals surface area contributed by atoms with E-state index in [1.54, 1.807) is 30.3 Å². The quantitative estimate of drug-likeness (QED) is 0.403. The van der Waals surface area contributed by atoms with Crippen LogP contribution in [0.3, 0.4) is 0 Å². The Labute approximate surface area is 171 Å². The van der Waals surface area contributed by atoms with Gasteiger partial charge in [0.15, 0.2) is 17.3 Å². The molecular formula is C22H18N2O6. The highest BCUT2D eigenvalue weighted by Gasteiger charge is 2.32. The number of rotatable bonds is 4. The fourth-order valence-corrected chi connectivity index (χ4v) is 4.05. The summed E-state index contributed by atoms with van der Waals surface area (Å²) in [5.41, 5.74) is 2.69. The Bertz CT molecular complexity index is 1220. The second-order valence-corrected chi connectivity index (χ2v) is 7.23. The lowest BCUT2D eigenvalue weighted by molar-refractivity contribution is -0.586. The summed E-state index contributed by atoms with van der Waals surface area (Å²) in [5.74, 6) is 1.40. The number of aromatic nitrogens is 1. The summed E-state index contributed by atoms with van der Waals surface area (Å²) in [7, 11) is 1.51. The van der Waals surface area contributed by atoms with Gasteiger partial charge in [-0.2, -0.15) is 4.73 Å². The van der Waals surface area contributed by atoms with Crippen LogP contribution < -0.4 is 24.3 Å². The second kappa shape index (κ2) is 6.91. The molecule has 0 spiro atoms. The number of nitrogens with one attached hydrogen (secondary N) is 1. The Morgan fingerprint density at radius 2 is 1.93 bits per heavy atom. The van der Waals surface area contributed by atoms with Gasteiger partial charge in [-0.05, 0) is 18.6 Å². The Balaban J connectivity index is 1.78. The summed E-state index contributed by atoms with van der Waals surface area (Å²) >= 11 is 0. The number of nitrogens with zero attached hydrogens (tertiary/aromatic N) is 1. The first-order chi connectivity index (χ1) is 14.6. The average Bonchev–Trinajstić information content (AvgIpc) is 3.23. The minimum atomic E-state index is -0.0959. The Kier molecular flexibility index (Phi) is 4.20. The van der Waals surface area contributed by atoms with Gasteiger partial charge in [-0.3, -0.25) is 9.59 Å². The van der Waals surface area contributed by atoms with Gasteiger partial charge >= 0.3 is 0 Å². The van der Waals surface area contributed by atoms with Gasteiger partial charge in [-0.25, -0.2) is 0 Å². The van der Waals surface area contributed by atoms with Crippen LogP contribution >= 0.6 is 0 Å². The summed E-state index contributed by atoms with van der Waals surface area (Å²) in [5, 5.41) is 16.9. The van der Waals surface area contributed by atoms with E-state index in [2.05, 4.69) is 5.32 Å². The number of aldehydes is 1. The minimum absolute atomic E-state index is 0.0739. The van der Waals surface area contributed by atoms with Gasteiger partial charge in [0.05, 0.1) is 24.2 Å². The van der Waals surface area contributed by atoms with Crippen LogP contribution in [0.5, 0.6) is 17.2 Å². The molecule has 8 nitrogen and oxygen atoms in total. The summed E-state index contributed by atoms with van der Waals surface area (Å²) in [6.45, 7) is 0.0739. The molecule has 1 N–H and O–H groups in total. The largest absolute Gasteiger partial charge is 0.618 e.